The van der Waals surface area contributed by atoms with Crippen LogP contribution in [0.25, 0.3) is 0 Å². The quantitative estimate of drug-likeness (QED) is 0.612. The molecule has 0 spiro atoms. The summed E-state index contributed by atoms with van der Waals surface area (Å²) in [4.78, 5) is 26.8. The number of ether oxygens (including phenoxy) is 1. The summed E-state index contributed by atoms with van der Waals surface area (Å²) in [6.45, 7) is 7.13. The first-order valence-corrected chi connectivity index (χ1v) is 9.46. The number of nitrogen functional groups attached to an aromatic ring is 1. The van der Waals surface area contributed by atoms with Crippen molar-refractivity contribution in [3.63, 3.8) is 0 Å². The van der Waals surface area contributed by atoms with Crippen molar-refractivity contribution in [1.29, 1.82) is 0 Å². The zero-order valence-corrected chi connectivity index (χ0v) is 16.8. The first kappa shape index (κ1) is 19.3. The number of nitrogens with zero attached hydrogens (tertiary/aromatic N) is 1. The van der Waals surface area contributed by atoms with Gasteiger partial charge in [-0.25, -0.2) is 4.79 Å². The van der Waals surface area contributed by atoms with Crippen molar-refractivity contribution in [2.45, 2.75) is 46.1 Å². The van der Waals surface area contributed by atoms with E-state index in [-0.39, 0.29) is 50.7 Å². The fraction of sp³-hybridized carbons (Fsp3) is 0.579. The van der Waals surface area contributed by atoms with Crippen molar-refractivity contribution >= 4 is 40.8 Å². The molecule has 142 valence electrons. The number of likely N-dealkylation sites (tertiary alicyclic amines) is 1. The smallest absolute Gasteiger partial charge is 0.340 e. The Labute approximate surface area is 163 Å². The fourth-order valence-corrected chi connectivity index (χ4v) is 5.29. The van der Waals surface area contributed by atoms with Crippen LogP contribution in [0.5, 0.6) is 0 Å². The van der Waals surface area contributed by atoms with Crippen LogP contribution >= 0.6 is 23.2 Å². The van der Waals surface area contributed by atoms with Gasteiger partial charge in [0.15, 0.2) is 6.61 Å². The third-order valence-corrected chi connectivity index (χ3v) is 5.91. The Bertz CT molecular complexity index is 765. The second kappa shape index (κ2) is 6.61. The lowest BCUT2D eigenvalue weighted by Gasteiger charge is -2.39. The maximum Gasteiger partial charge on any atom is 0.340 e. The van der Waals surface area contributed by atoms with Crippen LogP contribution in [0.2, 0.25) is 10.0 Å². The lowest BCUT2D eigenvalue weighted by molar-refractivity contribution is -0.135. The van der Waals surface area contributed by atoms with Crippen LogP contribution in [-0.2, 0) is 9.53 Å². The molecule has 2 atom stereocenters. The maximum atomic E-state index is 12.7. The van der Waals surface area contributed by atoms with Gasteiger partial charge in [-0.2, -0.15) is 0 Å². The van der Waals surface area contributed by atoms with Gasteiger partial charge in [0.05, 0.1) is 16.3 Å². The molecule has 2 bridgehead atoms. The van der Waals surface area contributed by atoms with E-state index < -0.39 is 5.97 Å². The number of anilines is 1. The molecule has 1 aliphatic heterocycles. The van der Waals surface area contributed by atoms with Gasteiger partial charge in [-0.15, -0.1) is 0 Å². The van der Waals surface area contributed by atoms with Gasteiger partial charge >= 0.3 is 5.97 Å². The summed E-state index contributed by atoms with van der Waals surface area (Å²) in [5.74, 6) is -0.870. The van der Waals surface area contributed by atoms with E-state index >= 15 is 0 Å². The number of nitrogens with two attached hydrogens (primary N) is 1. The highest BCUT2D eigenvalue weighted by Crippen LogP contribution is 2.52. The molecule has 26 heavy (non-hydrogen) atoms. The Morgan fingerprint density at radius 1 is 1.27 bits per heavy atom. The molecule has 3 rings (SSSR count). The topological polar surface area (TPSA) is 72.6 Å². The lowest BCUT2D eigenvalue weighted by Crippen LogP contribution is -2.39. The highest BCUT2D eigenvalue weighted by Gasteiger charge is 2.50. The number of esters is 1. The minimum Gasteiger partial charge on any atom is -0.452 e. The molecule has 1 amide bonds. The fourth-order valence-electron chi connectivity index (χ4n) is 4.79. The van der Waals surface area contributed by atoms with E-state index in [9.17, 15) is 9.59 Å². The number of carbonyl (C=O) groups is 2. The van der Waals surface area contributed by atoms with Crippen molar-refractivity contribution in [3.05, 3.63) is 27.7 Å². The molecule has 2 aliphatic rings. The van der Waals surface area contributed by atoms with E-state index in [0.29, 0.717) is 6.54 Å². The van der Waals surface area contributed by atoms with Gasteiger partial charge in [0.1, 0.15) is 0 Å². The second-order valence-corrected chi connectivity index (χ2v) is 9.50. The normalized spacial score (nSPS) is 26.7. The minimum atomic E-state index is -0.700. The van der Waals surface area contributed by atoms with Crippen molar-refractivity contribution in [1.82, 2.24) is 4.90 Å². The molecule has 1 saturated carbocycles. The molecule has 0 unspecified atom stereocenters. The summed E-state index contributed by atoms with van der Waals surface area (Å²) >= 11 is 11.9. The van der Waals surface area contributed by atoms with Crippen molar-refractivity contribution in [2.24, 2.45) is 10.8 Å². The molecular weight excluding hydrogens is 375 g/mol. The van der Waals surface area contributed by atoms with Crippen LogP contribution in [-0.4, -0.2) is 36.0 Å². The molecule has 1 aromatic rings. The van der Waals surface area contributed by atoms with E-state index in [0.717, 1.165) is 19.3 Å². The molecule has 1 saturated heterocycles. The van der Waals surface area contributed by atoms with Crippen LogP contribution in [0.1, 0.15) is 50.4 Å². The lowest BCUT2D eigenvalue weighted by atomic mass is 9.65. The second-order valence-electron chi connectivity index (χ2n) is 8.66. The van der Waals surface area contributed by atoms with Crippen LogP contribution < -0.4 is 5.73 Å². The molecule has 5 nitrogen and oxygen atoms in total. The summed E-state index contributed by atoms with van der Waals surface area (Å²) in [5.41, 5.74) is 6.33. The van der Waals surface area contributed by atoms with E-state index in [1.807, 2.05) is 4.90 Å². The summed E-state index contributed by atoms with van der Waals surface area (Å²) in [5, 5.41) is 0.463. The molecule has 1 heterocycles. The Balaban J connectivity index is 1.66. The van der Waals surface area contributed by atoms with Crippen LogP contribution in [0.3, 0.4) is 0 Å². The van der Waals surface area contributed by atoms with E-state index in [2.05, 4.69) is 20.8 Å². The Morgan fingerprint density at radius 3 is 2.65 bits per heavy atom. The van der Waals surface area contributed by atoms with Gasteiger partial charge in [-0.3, -0.25) is 4.79 Å². The molecular formula is C19H24Cl2N2O3. The predicted molar refractivity (Wildman–Crippen MR) is 102 cm³/mol. The van der Waals surface area contributed by atoms with Crippen LogP contribution in [0, 0.1) is 10.8 Å². The number of fused-ring (bicyclic) bond motifs is 2. The third kappa shape index (κ3) is 3.79. The first-order valence-electron chi connectivity index (χ1n) is 8.71. The molecule has 1 aliphatic carbocycles. The van der Waals surface area contributed by atoms with Gasteiger partial charge in [0.2, 0.25) is 0 Å². The predicted octanol–water partition coefficient (Wildman–Crippen LogP) is 4.16. The average Bonchev–Trinajstić information content (AvgIpc) is 2.77. The largest absolute Gasteiger partial charge is 0.452 e. The Kier molecular flexibility index (Phi) is 4.91. The zero-order chi connectivity index (χ0) is 19.3. The van der Waals surface area contributed by atoms with Gasteiger partial charge in [-0.05, 0) is 42.2 Å². The number of benzene rings is 1. The van der Waals surface area contributed by atoms with E-state index in [1.54, 1.807) is 0 Å². The third-order valence-electron chi connectivity index (χ3n) is 5.38. The summed E-state index contributed by atoms with van der Waals surface area (Å²) in [6, 6.07) is 3.05. The molecule has 0 aromatic heterocycles. The SMILES string of the molecule is CC1(C)C[C@H]2C[C@](C)(CN2C(=O)COC(=O)c2cc(Cl)cc(Cl)c2N)C1. The number of carbonyl (C=O) groups excluding carboxylic acids is 2. The summed E-state index contributed by atoms with van der Waals surface area (Å²) in [7, 11) is 0. The number of rotatable bonds is 3. The number of halogens is 2. The highest BCUT2D eigenvalue weighted by molar-refractivity contribution is 6.37. The van der Waals surface area contributed by atoms with E-state index in [4.69, 9.17) is 33.7 Å². The number of hydrogen-bond donors (Lipinski definition) is 1. The molecule has 0 radical (unpaired) electrons. The average molecular weight is 399 g/mol. The number of hydrogen-bond acceptors (Lipinski definition) is 4. The van der Waals surface area contributed by atoms with Crippen molar-refractivity contribution in [2.75, 3.05) is 18.9 Å². The van der Waals surface area contributed by atoms with Gasteiger partial charge < -0.3 is 15.4 Å². The van der Waals surface area contributed by atoms with Crippen LogP contribution in [0.15, 0.2) is 12.1 Å². The van der Waals surface area contributed by atoms with Gasteiger partial charge in [0.25, 0.3) is 5.91 Å². The monoisotopic (exact) mass is 398 g/mol. The van der Waals surface area contributed by atoms with Gasteiger partial charge in [0, 0.05) is 17.6 Å². The molecule has 2 fully saturated rings. The minimum absolute atomic E-state index is 0.0727. The standard InChI is InChI=1S/C19H24Cl2N2O3/c1-18(2)6-12-7-19(3,9-18)10-23(12)15(24)8-26-17(25)13-4-11(20)5-14(21)16(13)22/h4-5,12H,6-10,22H2,1-3H3/t12-,19-/m0/s1. The maximum absolute atomic E-state index is 12.7. The van der Waals surface area contributed by atoms with E-state index in [1.165, 1.54) is 12.1 Å². The van der Waals surface area contributed by atoms with Crippen LogP contribution in [0.4, 0.5) is 5.69 Å². The summed E-state index contributed by atoms with van der Waals surface area (Å²) < 4.78 is 5.20. The molecule has 7 heteroatoms. The zero-order valence-electron chi connectivity index (χ0n) is 15.3. The van der Waals surface area contributed by atoms with Gasteiger partial charge in [-0.1, -0.05) is 44.0 Å². The first-order chi connectivity index (χ1) is 12.0. The highest BCUT2D eigenvalue weighted by atomic mass is 35.5. The molecule has 2 N–H and O–H groups in total. The Hall–Kier alpha value is -1.46. The van der Waals surface area contributed by atoms with Crippen molar-refractivity contribution < 1.29 is 14.3 Å². The summed E-state index contributed by atoms with van der Waals surface area (Å²) in [6.07, 6.45) is 3.07. The molecule has 1 aromatic carbocycles. The van der Waals surface area contributed by atoms with Crippen molar-refractivity contribution in [3.8, 4) is 0 Å². The number of amides is 1. The Morgan fingerprint density at radius 2 is 1.96 bits per heavy atom.